The highest BCUT2D eigenvalue weighted by Gasteiger charge is 2.38. The average molecular weight is 364 g/mol. The van der Waals surface area contributed by atoms with Gasteiger partial charge in [0.1, 0.15) is 0 Å². The van der Waals surface area contributed by atoms with Gasteiger partial charge in [-0.05, 0) is 31.0 Å². The molecule has 1 aromatic carbocycles. The first-order valence-electron chi connectivity index (χ1n) is 7.99. The number of rotatable bonds is 4. The molecule has 26 heavy (non-hydrogen) atoms. The lowest BCUT2D eigenvalue weighted by Gasteiger charge is -2.18. The van der Waals surface area contributed by atoms with Crippen LogP contribution in [0, 0.1) is 13.8 Å². The molecule has 0 spiro atoms. The Morgan fingerprint density at radius 2 is 1.77 bits per heavy atom. The second-order valence-corrected chi connectivity index (χ2v) is 6.23. The number of halogens is 3. The summed E-state index contributed by atoms with van der Waals surface area (Å²) in [6.45, 7) is 3.93. The number of nitrogens with zero attached hydrogens (tertiary/aromatic N) is 5. The molecular weight excluding hydrogens is 345 g/mol. The minimum Gasteiger partial charge on any atom is -0.377 e. The summed E-state index contributed by atoms with van der Waals surface area (Å²) < 4.78 is 40.1. The van der Waals surface area contributed by atoms with Crippen molar-refractivity contribution in [1.82, 2.24) is 19.8 Å². The SMILES string of the molecule is Cc1c(NCc2ccccc2N(C)C)nn2c(C(F)(F)F)nnc2c1C. The van der Waals surface area contributed by atoms with Gasteiger partial charge in [0, 0.05) is 31.9 Å². The fourth-order valence-electron chi connectivity index (χ4n) is 2.75. The molecule has 0 aliphatic heterocycles. The van der Waals surface area contributed by atoms with Crippen LogP contribution in [0.1, 0.15) is 22.5 Å². The Morgan fingerprint density at radius 1 is 1.08 bits per heavy atom. The molecule has 0 radical (unpaired) electrons. The van der Waals surface area contributed by atoms with Crippen molar-refractivity contribution in [3.05, 3.63) is 46.8 Å². The third-order valence-electron chi connectivity index (χ3n) is 4.27. The van der Waals surface area contributed by atoms with Gasteiger partial charge in [-0.2, -0.15) is 17.7 Å². The lowest BCUT2D eigenvalue weighted by molar-refractivity contribution is -0.146. The number of aryl methyl sites for hydroxylation is 1. The van der Waals surface area contributed by atoms with E-state index in [1.54, 1.807) is 13.8 Å². The van der Waals surface area contributed by atoms with Crippen LogP contribution in [0.25, 0.3) is 5.65 Å². The smallest absolute Gasteiger partial charge is 0.377 e. The number of aromatic nitrogens is 4. The third kappa shape index (κ3) is 3.16. The molecule has 3 aromatic rings. The second kappa shape index (κ2) is 6.47. The van der Waals surface area contributed by atoms with Crippen LogP contribution in [0.5, 0.6) is 0 Å². The topological polar surface area (TPSA) is 58.4 Å². The first-order valence-corrected chi connectivity index (χ1v) is 7.99. The van der Waals surface area contributed by atoms with E-state index in [4.69, 9.17) is 0 Å². The van der Waals surface area contributed by atoms with Crippen molar-refractivity contribution in [1.29, 1.82) is 0 Å². The number of para-hydroxylation sites is 1. The predicted molar refractivity (Wildman–Crippen MR) is 93.4 cm³/mol. The molecule has 0 fully saturated rings. The van der Waals surface area contributed by atoms with Crippen LogP contribution in [0.4, 0.5) is 24.7 Å². The van der Waals surface area contributed by atoms with Gasteiger partial charge in [-0.15, -0.1) is 15.3 Å². The molecular formula is C17H19F3N6. The van der Waals surface area contributed by atoms with Gasteiger partial charge in [-0.1, -0.05) is 18.2 Å². The Bertz CT molecular complexity index is 946. The maximum absolute atomic E-state index is 13.1. The van der Waals surface area contributed by atoms with Crippen molar-refractivity contribution >= 4 is 17.2 Å². The molecule has 0 saturated carbocycles. The number of hydrogen-bond acceptors (Lipinski definition) is 5. The number of nitrogens with one attached hydrogen (secondary N) is 1. The van der Waals surface area contributed by atoms with E-state index >= 15 is 0 Å². The zero-order chi connectivity index (χ0) is 19.1. The van der Waals surface area contributed by atoms with Crippen LogP contribution >= 0.6 is 0 Å². The highest BCUT2D eigenvalue weighted by molar-refractivity contribution is 5.59. The second-order valence-electron chi connectivity index (χ2n) is 6.23. The summed E-state index contributed by atoms with van der Waals surface area (Å²) in [4.78, 5) is 1.98. The predicted octanol–water partition coefficient (Wildman–Crippen LogP) is 3.44. The summed E-state index contributed by atoms with van der Waals surface area (Å²) in [7, 11) is 3.87. The van der Waals surface area contributed by atoms with E-state index < -0.39 is 12.0 Å². The van der Waals surface area contributed by atoms with Gasteiger partial charge >= 0.3 is 6.18 Å². The van der Waals surface area contributed by atoms with Gasteiger partial charge < -0.3 is 10.2 Å². The largest absolute Gasteiger partial charge is 0.453 e. The molecule has 3 rings (SSSR count). The van der Waals surface area contributed by atoms with Gasteiger partial charge in [0.25, 0.3) is 5.82 Å². The number of fused-ring (bicyclic) bond motifs is 1. The monoisotopic (exact) mass is 364 g/mol. The average Bonchev–Trinajstić information content (AvgIpc) is 3.01. The van der Waals surface area contributed by atoms with E-state index in [1.807, 2.05) is 43.3 Å². The first kappa shape index (κ1) is 18.0. The molecule has 6 nitrogen and oxygen atoms in total. The van der Waals surface area contributed by atoms with Crippen LogP contribution in [0.3, 0.4) is 0 Å². The van der Waals surface area contributed by atoms with Crippen molar-refractivity contribution in [3.8, 4) is 0 Å². The van der Waals surface area contributed by atoms with Crippen molar-refractivity contribution in [2.75, 3.05) is 24.3 Å². The quantitative estimate of drug-likeness (QED) is 0.769. The van der Waals surface area contributed by atoms with Crippen LogP contribution in [-0.2, 0) is 12.7 Å². The van der Waals surface area contributed by atoms with E-state index in [0.717, 1.165) is 21.3 Å². The molecule has 0 aliphatic rings. The van der Waals surface area contributed by atoms with Crippen LogP contribution < -0.4 is 10.2 Å². The molecule has 9 heteroatoms. The zero-order valence-corrected chi connectivity index (χ0v) is 14.9. The van der Waals surface area contributed by atoms with Gasteiger partial charge in [0.15, 0.2) is 11.5 Å². The molecule has 1 N–H and O–H groups in total. The Labute approximate surface area is 148 Å². The molecule has 138 valence electrons. The fourth-order valence-corrected chi connectivity index (χ4v) is 2.75. The van der Waals surface area contributed by atoms with E-state index in [1.165, 1.54) is 0 Å². The summed E-state index contributed by atoms with van der Waals surface area (Å²) >= 11 is 0. The normalized spacial score (nSPS) is 11.8. The number of anilines is 2. The molecule has 0 bridgehead atoms. The minimum absolute atomic E-state index is 0.106. The summed E-state index contributed by atoms with van der Waals surface area (Å²) in [5.74, 6) is -0.763. The van der Waals surface area contributed by atoms with E-state index in [9.17, 15) is 13.2 Å². The van der Waals surface area contributed by atoms with Crippen LogP contribution in [-0.4, -0.2) is 33.9 Å². The molecule has 0 amide bonds. The highest BCUT2D eigenvalue weighted by Crippen LogP contribution is 2.30. The van der Waals surface area contributed by atoms with Crippen LogP contribution in [0.2, 0.25) is 0 Å². The maximum Gasteiger partial charge on any atom is 0.453 e. The van der Waals surface area contributed by atoms with Crippen molar-refractivity contribution in [3.63, 3.8) is 0 Å². The molecule has 2 aromatic heterocycles. The van der Waals surface area contributed by atoms with E-state index in [0.29, 0.717) is 17.9 Å². The maximum atomic E-state index is 13.1. The van der Waals surface area contributed by atoms with Gasteiger partial charge in [0.05, 0.1) is 0 Å². The Morgan fingerprint density at radius 3 is 2.42 bits per heavy atom. The summed E-state index contributed by atoms with van der Waals surface area (Å²) in [6.07, 6.45) is -4.62. The van der Waals surface area contributed by atoms with Crippen molar-refractivity contribution < 1.29 is 13.2 Å². The van der Waals surface area contributed by atoms with Gasteiger partial charge in [-0.3, -0.25) is 0 Å². The molecule has 0 saturated heterocycles. The highest BCUT2D eigenvalue weighted by atomic mass is 19.4. The molecule has 0 atom stereocenters. The molecule has 0 unspecified atom stereocenters. The fraction of sp³-hybridized carbons (Fsp3) is 0.353. The molecule has 2 heterocycles. The number of hydrogen-bond donors (Lipinski definition) is 1. The summed E-state index contributed by atoms with van der Waals surface area (Å²) in [5, 5.41) is 14.1. The van der Waals surface area contributed by atoms with Crippen LogP contribution in [0.15, 0.2) is 24.3 Å². The van der Waals surface area contributed by atoms with Gasteiger partial charge in [0.2, 0.25) is 0 Å². The van der Waals surface area contributed by atoms with Gasteiger partial charge in [-0.25, -0.2) is 0 Å². The standard InChI is InChI=1S/C17H19F3N6/c1-10-11(2)15-22-23-16(17(18,19)20)26(15)24-14(10)21-9-12-7-5-6-8-13(12)25(3)4/h5-8H,9H2,1-4H3,(H,21,24). The summed E-state index contributed by atoms with van der Waals surface area (Å²) in [6, 6.07) is 7.79. The lowest BCUT2D eigenvalue weighted by atomic mass is 10.1. The Hall–Kier alpha value is -2.84. The van der Waals surface area contributed by atoms with Crippen molar-refractivity contribution in [2.45, 2.75) is 26.6 Å². The third-order valence-corrected chi connectivity index (χ3v) is 4.27. The minimum atomic E-state index is -4.62. The van der Waals surface area contributed by atoms with E-state index in [-0.39, 0.29) is 5.65 Å². The zero-order valence-electron chi connectivity index (χ0n) is 14.9. The van der Waals surface area contributed by atoms with Crippen molar-refractivity contribution in [2.24, 2.45) is 0 Å². The summed E-state index contributed by atoms with van der Waals surface area (Å²) in [5.41, 5.74) is 3.48. The Kier molecular flexibility index (Phi) is 4.47. The number of alkyl halides is 3. The molecule has 0 aliphatic carbocycles. The van der Waals surface area contributed by atoms with E-state index in [2.05, 4.69) is 20.6 Å². The first-order chi connectivity index (χ1) is 12.2. The lowest BCUT2D eigenvalue weighted by Crippen LogP contribution is -2.16. The Balaban J connectivity index is 2.00. The number of benzene rings is 1.